The molecule has 0 aromatic heterocycles. The lowest BCUT2D eigenvalue weighted by molar-refractivity contribution is 0.00958. The highest BCUT2D eigenvalue weighted by atomic mass is 16.5. The van der Waals surface area contributed by atoms with Gasteiger partial charge in [0.1, 0.15) is 5.75 Å². The molecule has 2 rings (SSSR count). The lowest BCUT2D eigenvalue weighted by Crippen LogP contribution is -2.26. The van der Waals surface area contributed by atoms with Gasteiger partial charge in [-0.2, -0.15) is 0 Å². The quantitative estimate of drug-likeness (QED) is 0.846. The van der Waals surface area contributed by atoms with Gasteiger partial charge in [0.25, 0.3) is 0 Å². The first-order valence-corrected chi connectivity index (χ1v) is 6.61. The van der Waals surface area contributed by atoms with Gasteiger partial charge in [0.05, 0.1) is 12.7 Å². The molecule has 0 heterocycles. The molecule has 17 heavy (non-hydrogen) atoms. The van der Waals surface area contributed by atoms with Gasteiger partial charge >= 0.3 is 0 Å². The third-order valence-electron chi connectivity index (χ3n) is 3.81. The predicted octanol–water partition coefficient (Wildman–Crippen LogP) is 3.63. The summed E-state index contributed by atoms with van der Waals surface area (Å²) >= 11 is 0. The molecule has 1 aromatic carbocycles. The van der Waals surface area contributed by atoms with Crippen LogP contribution in [0.1, 0.15) is 50.5 Å². The second-order valence-corrected chi connectivity index (χ2v) is 5.03. The molecule has 2 heteroatoms. The van der Waals surface area contributed by atoms with Crippen LogP contribution in [0.5, 0.6) is 5.75 Å². The number of methoxy groups -OCH3 is 1. The van der Waals surface area contributed by atoms with Gasteiger partial charge in [-0.3, -0.25) is 0 Å². The topological polar surface area (TPSA) is 29.5 Å². The molecule has 0 bridgehead atoms. The van der Waals surface area contributed by atoms with Crippen molar-refractivity contribution in [1.29, 1.82) is 0 Å². The summed E-state index contributed by atoms with van der Waals surface area (Å²) in [6.07, 6.45) is 7.85. The zero-order valence-electron chi connectivity index (χ0n) is 10.6. The minimum absolute atomic E-state index is 0.618. The summed E-state index contributed by atoms with van der Waals surface area (Å²) in [4.78, 5) is 0. The Kier molecular flexibility index (Phi) is 4.06. The third-order valence-corrected chi connectivity index (χ3v) is 3.81. The Morgan fingerprint density at radius 1 is 0.941 bits per heavy atom. The van der Waals surface area contributed by atoms with Crippen molar-refractivity contribution in [2.75, 3.05) is 7.11 Å². The van der Waals surface area contributed by atoms with Gasteiger partial charge in [0, 0.05) is 0 Å². The fourth-order valence-corrected chi connectivity index (χ4v) is 2.68. The van der Waals surface area contributed by atoms with Crippen LogP contribution in [0.15, 0.2) is 24.3 Å². The summed E-state index contributed by atoms with van der Waals surface area (Å²) in [6.45, 7) is 0. The summed E-state index contributed by atoms with van der Waals surface area (Å²) in [5, 5.41) is 10.8. The van der Waals surface area contributed by atoms with Crippen LogP contribution >= 0.6 is 0 Å². The number of ether oxygens (including phenoxy) is 1. The summed E-state index contributed by atoms with van der Waals surface area (Å²) < 4.78 is 5.15. The smallest absolute Gasteiger partial charge is 0.118 e. The van der Waals surface area contributed by atoms with Crippen molar-refractivity contribution in [1.82, 2.24) is 0 Å². The van der Waals surface area contributed by atoms with Crippen LogP contribution < -0.4 is 4.74 Å². The van der Waals surface area contributed by atoms with E-state index in [2.05, 4.69) is 0 Å². The first-order chi connectivity index (χ1) is 8.24. The summed E-state index contributed by atoms with van der Waals surface area (Å²) in [5.74, 6) is 0.850. The summed E-state index contributed by atoms with van der Waals surface area (Å²) in [5.41, 5.74) is 0.423. The second kappa shape index (κ2) is 5.54. The number of hydrogen-bond donors (Lipinski definition) is 1. The van der Waals surface area contributed by atoms with Gasteiger partial charge in [0.2, 0.25) is 0 Å². The highest BCUT2D eigenvalue weighted by Crippen LogP contribution is 2.35. The van der Waals surface area contributed by atoms with Gasteiger partial charge in [0.15, 0.2) is 0 Å². The van der Waals surface area contributed by atoms with Crippen LogP contribution in [0.2, 0.25) is 0 Å². The van der Waals surface area contributed by atoms with Crippen LogP contribution in [-0.2, 0) is 5.60 Å². The average molecular weight is 234 g/mol. The van der Waals surface area contributed by atoms with E-state index in [9.17, 15) is 5.11 Å². The van der Waals surface area contributed by atoms with E-state index in [1.807, 2.05) is 24.3 Å². The van der Waals surface area contributed by atoms with Gasteiger partial charge < -0.3 is 9.84 Å². The van der Waals surface area contributed by atoms with Crippen molar-refractivity contribution in [2.24, 2.45) is 0 Å². The highest BCUT2D eigenvalue weighted by Gasteiger charge is 2.29. The van der Waals surface area contributed by atoms with Gasteiger partial charge in [-0.1, -0.05) is 44.2 Å². The largest absolute Gasteiger partial charge is 0.497 e. The van der Waals surface area contributed by atoms with Crippen molar-refractivity contribution in [3.8, 4) is 5.75 Å². The first kappa shape index (κ1) is 12.4. The zero-order valence-corrected chi connectivity index (χ0v) is 10.6. The minimum atomic E-state index is -0.618. The van der Waals surface area contributed by atoms with Gasteiger partial charge in [-0.05, 0) is 30.5 Å². The van der Waals surface area contributed by atoms with Crippen LogP contribution in [0.3, 0.4) is 0 Å². The monoisotopic (exact) mass is 234 g/mol. The number of benzene rings is 1. The molecule has 0 saturated heterocycles. The van der Waals surface area contributed by atoms with E-state index in [1.54, 1.807) is 7.11 Å². The SMILES string of the molecule is COc1ccc(C2(O)CCCCCCC2)cc1. The Balaban J connectivity index is 2.15. The third kappa shape index (κ3) is 3.01. The molecule has 1 aliphatic rings. The molecule has 1 N–H and O–H groups in total. The van der Waals surface area contributed by atoms with E-state index in [1.165, 1.54) is 19.3 Å². The van der Waals surface area contributed by atoms with Crippen LogP contribution in [0.25, 0.3) is 0 Å². The molecule has 1 fully saturated rings. The first-order valence-electron chi connectivity index (χ1n) is 6.61. The molecular weight excluding hydrogens is 212 g/mol. The maximum Gasteiger partial charge on any atom is 0.118 e. The molecule has 1 saturated carbocycles. The molecule has 1 aliphatic carbocycles. The van der Waals surface area contributed by atoms with Gasteiger partial charge in [-0.15, -0.1) is 0 Å². The van der Waals surface area contributed by atoms with Crippen LogP contribution in [0, 0.1) is 0 Å². The molecule has 0 atom stereocenters. The van der Waals surface area contributed by atoms with E-state index >= 15 is 0 Å². The van der Waals surface area contributed by atoms with E-state index in [4.69, 9.17) is 4.74 Å². The molecule has 0 unspecified atom stereocenters. The molecule has 0 amide bonds. The van der Waals surface area contributed by atoms with E-state index < -0.39 is 5.60 Å². The zero-order chi connectivity index (χ0) is 12.1. The maximum absolute atomic E-state index is 10.8. The molecular formula is C15H22O2. The summed E-state index contributed by atoms with van der Waals surface area (Å²) in [6, 6.07) is 7.87. The van der Waals surface area contributed by atoms with Crippen molar-refractivity contribution in [2.45, 2.75) is 50.5 Å². The van der Waals surface area contributed by atoms with Crippen molar-refractivity contribution < 1.29 is 9.84 Å². The molecule has 1 aromatic rings. The predicted molar refractivity (Wildman–Crippen MR) is 69.2 cm³/mol. The number of rotatable bonds is 2. The fourth-order valence-electron chi connectivity index (χ4n) is 2.68. The van der Waals surface area contributed by atoms with E-state index in [-0.39, 0.29) is 0 Å². The normalized spacial score (nSPS) is 20.4. The van der Waals surface area contributed by atoms with Gasteiger partial charge in [-0.25, -0.2) is 0 Å². The van der Waals surface area contributed by atoms with Crippen LogP contribution in [-0.4, -0.2) is 12.2 Å². The Bertz CT molecular complexity index is 334. The fraction of sp³-hybridized carbons (Fsp3) is 0.600. The van der Waals surface area contributed by atoms with Crippen molar-refractivity contribution in [3.05, 3.63) is 29.8 Å². The Labute approximate surface area is 104 Å². The minimum Gasteiger partial charge on any atom is -0.497 e. The van der Waals surface area contributed by atoms with Crippen molar-refractivity contribution in [3.63, 3.8) is 0 Å². The van der Waals surface area contributed by atoms with E-state index in [0.29, 0.717) is 0 Å². The Hall–Kier alpha value is -1.02. The van der Waals surface area contributed by atoms with Crippen LogP contribution in [0.4, 0.5) is 0 Å². The molecule has 2 nitrogen and oxygen atoms in total. The molecule has 0 aliphatic heterocycles. The number of aliphatic hydroxyl groups is 1. The van der Waals surface area contributed by atoms with Crippen molar-refractivity contribution >= 4 is 0 Å². The maximum atomic E-state index is 10.8. The Morgan fingerprint density at radius 2 is 1.47 bits per heavy atom. The average Bonchev–Trinajstić information content (AvgIpc) is 2.34. The number of hydrogen-bond acceptors (Lipinski definition) is 2. The second-order valence-electron chi connectivity index (χ2n) is 5.03. The lowest BCUT2D eigenvalue weighted by Gasteiger charge is -2.30. The summed E-state index contributed by atoms with van der Waals surface area (Å²) in [7, 11) is 1.67. The standard InChI is InChI=1S/C15H22O2/c1-17-14-9-7-13(8-10-14)15(16)11-5-3-2-4-6-12-15/h7-10,16H,2-6,11-12H2,1H3. The molecule has 0 spiro atoms. The lowest BCUT2D eigenvalue weighted by atomic mass is 9.82. The molecule has 0 radical (unpaired) electrons. The highest BCUT2D eigenvalue weighted by molar-refractivity contribution is 5.30. The molecule has 94 valence electrons. The van der Waals surface area contributed by atoms with E-state index in [0.717, 1.165) is 37.0 Å². The Morgan fingerprint density at radius 3 is 2.00 bits per heavy atom.